The van der Waals surface area contributed by atoms with Gasteiger partial charge in [0.15, 0.2) is 0 Å². The van der Waals surface area contributed by atoms with Crippen molar-refractivity contribution in [1.29, 1.82) is 0 Å². The molecule has 1 amide bonds. The van der Waals surface area contributed by atoms with Crippen molar-refractivity contribution in [2.24, 2.45) is 0 Å². The number of fused-ring (bicyclic) bond motifs is 1. The van der Waals surface area contributed by atoms with Crippen LogP contribution in [0.2, 0.25) is 0 Å². The lowest BCUT2D eigenvalue weighted by molar-refractivity contribution is -0.117. The first kappa shape index (κ1) is 22.0. The van der Waals surface area contributed by atoms with Crippen LogP contribution in [0.4, 0.5) is 5.69 Å². The zero-order valence-corrected chi connectivity index (χ0v) is 19.6. The van der Waals surface area contributed by atoms with Gasteiger partial charge in [-0.3, -0.25) is 4.79 Å². The van der Waals surface area contributed by atoms with Crippen LogP contribution in [0.15, 0.2) is 72.8 Å². The van der Waals surface area contributed by atoms with Gasteiger partial charge in [0.25, 0.3) is 0 Å². The Morgan fingerprint density at radius 3 is 2.71 bits per heavy atom. The summed E-state index contributed by atoms with van der Waals surface area (Å²) < 4.78 is 13.7. The van der Waals surface area contributed by atoms with Gasteiger partial charge in [0, 0.05) is 25.4 Å². The zero-order valence-electron chi connectivity index (χ0n) is 19.6. The number of benzene rings is 3. The molecule has 2 heterocycles. The third-order valence-corrected chi connectivity index (χ3v) is 6.33. The highest BCUT2D eigenvalue weighted by molar-refractivity contribution is 5.97. The van der Waals surface area contributed by atoms with Gasteiger partial charge >= 0.3 is 0 Å². The summed E-state index contributed by atoms with van der Waals surface area (Å²) in [5.41, 5.74) is 4.05. The number of amides is 1. The van der Waals surface area contributed by atoms with Crippen molar-refractivity contribution in [3.8, 4) is 11.5 Å². The Balaban J connectivity index is 1.36. The summed E-state index contributed by atoms with van der Waals surface area (Å²) in [5, 5.41) is 0. The van der Waals surface area contributed by atoms with E-state index < -0.39 is 0 Å². The molecule has 0 radical (unpaired) electrons. The number of aryl methyl sites for hydroxylation is 2. The smallest absolute Gasteiger partial charge is 0.227 e. The van der Waals surface area contributed by atoms with Crippen LogP contribution in [-0.4, -0.2) is 35.7 Å². The van der Waals surface area contributed by atoms with E-state index in [4.69, 9.17) is 14.5 Å². The second kappa shape index (κ2) is 9.59. The van der Waals surface area contributed by atoms with Gasteiger partial charge in [-0.1, -0.05) is 36.4 Å². The largest absolute Gasteiger partial charge is 0.495 e. The van der Waals surface area contributed by atoms with Gasteiger partial charge in [-0.15, -0.1) is 0 Å². The van der Waals surface area contributed by atoms with Crippen LogP contribution in [0, 0.1) is 6.92 Å². The fourth-order valence-electron chi connectivity index (χ4n) is 4.72. The summed E-state index contributed by atoms with van der Waals surface area (Å²) in [6.07, 6.45) is 1.28. The number of carbonyl (C=O) groups is 1. The number of ether oxygens (including phenoxy) is 2. The third-order valence-electron chi connectivity index (χ3n) is 6.33. The Hall–Kier alpha value is -3.80. The molecule has 1 unspecified atom stereocenters. The number of anilines is 1. The number of hydrogen-bond acceptors (Lipinski definition) is 4. The maximum absolute atomic E-state index is 13.0. The molecule has 0 bridgehead atoms. The lowest BCUT2D eigenvalue weighted by Crippen LogP contribution is -2.25. The van der Waals surface area contributed by atoms with Crippen LogP contribution in [0.5, 0.6) is 11.5 Å². The standard InChI is InChI=1S/C28H29N3O3/c1-20-9-7-10-22(17-20)34-16-8-15-30-24-12-4-3-11-23(24)29-28(30)21-18-27(32)31(19-21)25-13-5-6-14-26(25)33-2/h3-7,9-14,17,21H,8,15-16,18-19H2,1-2H3. The minimum absolute atomic E-state index is 0.0162. The van der Waals surface area contributed by atoms with Crippen molar-refractivity contribution in [2.75, 3.05) is 25.2 Å². The fraction of sp³-hybridized carbons (Fsp3) is 0.286. The van der Waals surface area contributed by atoms with E-state index in [1.54, 1.807) is 7.11 Å². The summed E-state index contributed by atoms with van der Waals surface area (Å²) in [4.78, 5) is 19.8. The summed E-state index contributed by atoms with van der Waals surface area (Å²) in [5.74, 6) is 2.67. The minimum Gasteiger partial charge on any atom is -0.495 e. The van der Waals surface area contributed by atoms with Crippen LogP contribution in [0.25, 0.3) is 11.0 Å². The van der Waals surface area contributed by atoms with Crippen molar-refractivity contribution < 1.29 is 14.3 Å². The van der Waals surface area contributed by atoms with Gasteiger partial charge in [-0.05, 0) is 55.3 Å². The van der Waals surface area contributed by atoms with E-state index in [1.807, 2.05) is 59.5 Å². The molecule has 1 saturated heterocycles. The van der Waals surface area contributed by atoms with Crippen molar-refractivity contribution >= 4 is 22.6 Å². The molecule has 1 aromatic heterocycles. The first-order valence-corrected chi connectivity index (χ1v) is 11.7. The average Bonchev–Trinajstić information content (AvgIpc) is 3.42. The first-order chi connectivity index (χ1) is 16.6. The molecule has 1 aliphatic rings. The number of para-hydroxylation sites is 4. The van der Waals surface area contributed by atoms with Crippen LogP contribution in [-0.2, 0) is 11.3 Å². The molecule has 1 fully saturated rings. The van der Waals surface area contributed by atoms with Gasteiger partial charge < -0.3 is 18.9 Å². The van der Waals surface area contributed by atoms with E-state index in [0.717, 1.165) is 41.3 Å². The predicted molar refractivity (Wildman–Crippen MR) is 134 cm³/mol. The lowest BCUT2D eigenvalue weighted by atomic mass is 10.1. The van der Waals surface area contributed by atoms with Crippen LogP contribution >= 0.6 is 0 Å². The highest BCUT2D eigenvalue weighted by Crippen LogP contribution is 2.37. The van der Waals surface area contributed by atoms with Gasteiger partial charge in [0.1, 0.15) is 17.3 Å². The number of rotatable bonds is 8. The highest BCUT2D eigenvalue weighted by atomic mass is 16.5. The Morgan fingerprint density at radius 1 is 1.03 bits per heavy atom. The topological polar surface area (TPSA) is 56.6 Å². The van der Waals surface area contributed by atoms with Gasteiger partial charge in [-0.25, -0.2) is 4.98 Å². The molecule has 1 aliphatic heterocycles. The van der Waals surface area contributed by atoms with E-state index >= 15 is 0 Å². The number of methoxy groups -OCH3 is 1. The Kier molecular flexibility index (Phi) is 6.21. The van der Waals surface area contributed by atoms with Gasteiger partial charge in [-0.2, -0.15) is 0 Å². The number of hydrogen-bond donors (Lipinski definition) is 0. The molecule has 174 valence electrons. The van der Waals surface area contributed by atoms with E-state index in [0.29, 0.717) is 25.3 Å². The molecule has 5 rings (SSSR count). The monoisotopic (exact) mass is 455 g/mol. The molecule has 0 N–H and O–H groups in total. The van der Waals surface area contributed by atoms with E-state index in [2.05, 4.69) is 29.7 Å². The van der Waals surface area contributed by atoms with Crippen molar-refractivity contribution in [1.82, 2.24) is 9.55 Å². The van der Waals surface area contributed by atoms with Crippen LogP contribution in [0.1, 0.15) is 30.1 Å². The molecule has 0 saturated carbocycles. The quantitative estimate of drug-likeness (QED) is 0.337. The first-order valence-electron chi connectivity index (χ1n) is 11.7. The van der Waals surface area contributed by atoms with Crippen LogP contribution < -0.4 is 14.4 Å². The molecule has 1 atom stereocenters. The zero-order chi connectivity index (χ0) is 23.5. The molecular weight excluding hydrogens is 426 g/mol. The SMILES string of the molecule is COc1ccccc1N1CC(c2nc3ccccc3n2CCCOc2cccc(C)c2)CC1=O. The second-order valence-corrected chi connectivity index (χ2v) is 8.71. The Labute approximate surface area is 199 Å². The van der Waals surface area contributed by atoms with Crippen molar-refractivity contribution in [3.05, 3.63) is 84.2 Å². The van der Waals surface area contributed by atoms with E-state index in [1.165, 1.54) is 5.56 Å². The molecule has 6 heteroatoms. The fourth-order valence-corrected chi connectivity index (χ4v) is 4.72. The molecule has 0 aliphatic carbocycles. The third kappa shape index (κ3) is 4.36. The number of aromatic nitrogens is 2. The lowest BCUT2D eigenvalue weighted by Gasteiger charge is -2.19. The molecule has 0 spiro atoms. The normalized spacial score (nSPS) is 15.8. The summed E-state index contributed by atoms with van der Waals surface area (Å²) >= 11 is 0. The molecule has 4 aromatic rings. The highest BCUT2D eigenvalue weighted by Gasteiger charge is 2.35. The van der Waals surface area contributed by atoms with Crippen molar-refractivity contribution in [3.63, 3.8) is 0 Å². The summed E-state index contributed by atoms with van der Waals surface area (Å²) in [7, 11) is 1.63. The average molecular weight is 456 g/mol. The maximum Gasteiger partial charge on any atom is 0.227 e. The van der Waals surface area contributed by atoms with E-state index in [9.17, 15) is 4.79 Å². The Morgan fingerprint density at radius 2 is 1.85 bits per heavy atom. The summed E-state index contributed by atoms with van der Waals surface area (Å²) in [6.45, 7) is 4.05. The second-order valence-electron chi connectivity index (χ2n) is 8.71. The number of imidazole rings is 1. The van der Waals surface area contributed by atoms with Crippen LogP contribution in [0.3, 0.4) is 0 Å². The maximum atomic E-state index is 13.0. The molecule has 34 heavy (non-hydrogen) atoms. The molecular formula is C28H29N3O3. The number of carbonyl (C=O) groups excluding carboxylic acids is 1. The minimum atomic E-state index is 0.0162. The summed E-state index contributed by atoms with van der Waals surface area (Å²) in [6, 6.07) is 24.0. The van der Waals surface area contributed by atoms with Gasteiger partial charge in [0.05, 0.1) is 30.4 Å². The predicted octanol–water partition coefficient (Wildman–Crippen LogP) is 5.34. The number of nitrogens with zero attached hydrogens (tertiary/aromatic N) is 3. The molecule has 6 nitrogen and oxygen atoms in total. The van der Waals surface area contributed by atoms with Crippen molar-refractivity contribution in [2.45, 2.75) is 32.2 Å². The Bertz CT molecular complexity index is 1310. The van der Waals surface area contributed by atoms with E-state index in [-0.39, 0.29) is 11.8 Å². The molecule has 3 aromatic carbocycles. The van der Waals surface area contributed by atoms with Gasteiger partial charge in [0.2, 0.25) is 5.91 Å².